The minimum atomic E-state index is -0.501. The van der Waals surface area contributed by atoms with Crippen molar-refractivity contribution < 1.29 is 13.6 Å². The Kier molecular flexibility index (Phi) is 6.37. The number of nitrogens with one attached hydrogen (secondary N) is 2. The lowest BCUT2D eigenvalue weighted by atomic mass is 10.1. The van der Waals surface area contributed by atoms with Gasteiger partial charge in [0.05, 0.1) is 11.6 Å². The summed E-state index contributed by atoms with van der Waals surface area (Å²) in [5, 5.41) is 8.15. The smallest absolute Gasteiger partial charge is 0.255 e. The molecule has 1 aromatic heterocycles. The lowest BCUT2D eigenvalue weighted by molar-refractivity contribution is 0.0941. The molecule has 0 aliphatic heterocycles. The molecule has 0 radical (unpaired) electrons. The van der Waals surface area contributed by atoms with E-state index >= 15 is 0 Å². The third-order valence-electron chi connectivity index (χ3n) is 5.46. The quantitative estimate of drug-likeness (QED) is 0.573. The second-order valence-electron chi connectivity index (χ2n) is 7.90. The molecule has 1 aromatic carbocycles. The summed E-state index contributed by atoms with van der Waals surface area (Å²) in [6, 6.07) is 7.01. The van der Waals surface area contributed by atoms with Crippen molar-refractivity contribution in [3.8, 4) is 0 Å². The Morgan fingerprint density at radius 3 is 2.73 bits per heavy atom. The minimum Gasteiger partial charge on any atom is -0.365 e. The summed E-state index contributed by atoms with van der Waals surface area (Å²) in [4.78, 5) is 17.7. The van der Waals surface area contributed by atoms with Gasteiger partial charge in [0.2, 0.25) is 0 Å². The van der Waals surface area contributed by atoms with Gasteiger partial charge in [0, 0.05) is 23.7 Å². The topological polar surface area (TPSA) is 54.0 Å². The van der Waals surface area contributed by atoms with Crippen molar-refractivity contribution in [2.24, 2.45) is 5.92 Å². The molecule has 1 amide bonds. The normalized spacial score (nSPS) is 17.2. The molecule has 30 heavy (non-hydrogen) atoms. The lowest BCUT2D eigenvalue weighted by Crippen LogP contribution is -2.35. The van der Waals surface area contributed by atoms with Crippen LogP contribution in [0.3, 0.4) is 0 Å². The molecule has 2 N–H and O–H groups in total. The maximum absolute atomic E-state index is 14.0. The number of carbonyl (C=O) groups is 1. The zero-order valence-corrected chi connectivity index (χ0v) is 17.6. The van der Waals surface area contributed by atoms with Gasteiger partial charge in [-0.2, -0.15) is 0 Å². The van der Waals surface area contributed by atoms with Gasteiger partial charge in [-0.25, -0.2) is 13.8 Å². The first-order chi connectivity index (χ1) is 14.5. The fraction of sp³-hybridized carbons (Fsp3) is 0.391. The fourth-order valence-electron chi connectivity index (χ4n) is 3.43. The van der Waals surface area contributed by atoms with Crippen molar-refractivity contribution in [2.45, 2.75) is 44.2 Å². The Bertz CT molecular complexity index is 957. The number of nitrogens with zero attached hydrogens (tertiary/aromatic N) is 1. The molecule has 2 fully saturated rings. The third-order valence-corrected chi connectivity index (χ3v) is 5.89. The van der Waals surface area contributed by atoms with Crippen LogP contribution >= 0.6 is 11.8 Å². The number of hydrogen-bond donors (Lipinski definition) is 2. The van der Waals surface area contributed by atoms with E-state index in [2.05, 4.69) is 15.6 Å². The maximum Gasteiger partial charge on any atom is 0.255 e. The SMILES string of the molecule is CS/C=C/C(NC(=O)c1ccc(C2CC2)nc1NCc1cc(F)ccc1F)C1CC1. The zero-order chi connectivity index (χ0) is 21.1. The molecule has 2 aliphatic carbocycles. The van der Waals surface area contributed by atoms with Gasteiger partial charge in [0.1, 0.15) is 17.5 Å². The standard InChI is InChI=1S/C23H25F2N3OS/c1-30-11-10-21(15-4-5-15)28-23(29)18-7-9-20(14-2-3-14)27-22(18)26-13-16-12-17(24)6-8-19(16)25/h6-12,14-15,21H,2-5,13H2,1H3,(H,26,27)(H,28,29)/b11-10+. The molecule has 158 valence electrons. The highest BCUT2D eigenvalue weighted by atomic mass is 32.2. The van der Waals surface area contributed by atoms with E-state index in [0.29, 0.717) is 23.2 Å². The van der Waals surface area contributed by atoms with E-state index in [1.54, 1.807) is 17.8 Å². The van der Waals surface area contributed by atoms with Crippen LogP contribution in [-0.2, 0) is 6.54 Å². The van der Waals surface area contributed by atoms with E-state index in [0.717, 1.165) is 49.6 Å². The number of halogens is 2. The molecule has 2 aliphatic rings. The van der Waals surface area contributed by atoms with E-state index in [-0.39, 0.29) is 24.1 Å². The highest BCUT2D eigenvalue weighted by molar-refractivity contribution is 8.01. The Morgan fingerprint density at radius 2 is 2.03 bits per heavy atom. The molecule has 1 heterocycles. The number of rotatable bonds is 9. The first kappa shape index (κ1) is 20.8. The monoisotopic (exact) mass is 429 g/mol. The number of hydrogen-bond acceptors (Lipinski definition) is 4. The van der Waals surface area contributed by atoms with E-state index in [1.165, 1.54) is 0 Å². The Balaban J connectivity index is 1.55. The Morgan fingerprint density at radius 1 is 1.23 bits per heavy atom. The van der Waals surface area contributed by atoms with Crippen LogP contribution in [-0.4, -0.2) is 23.2 Å². The lowest BCUT2D eigenvalue weighted by Gasteiger charge is -2.17. The summed E-state index contributed by atoms with van der Waals surface area (Å²) in [5.74, 6) is 0.0766. The molecule has 0 spiro atoms. The molecule has 1 atom stereocenters. The molecule has 4 rings (SSSR count). The molecule has 2 saturated carbocycles. The van der Waals surface area contributed by atoms with Crippen molar-refractivity contribution in [3.05, 3.63) is 70.3 Å². The summed E-state index contributed by atoms with van der Waals surface area (Å²) >= 11 is 1.60. The molecular weight excluding hydrogens is 404 g/mol. The number of carbonyl (C=O) groups excluding carboxylic acids is 1. The van der Waals surface area contributed by atoms with Gasteiger partial charge in [0.25, 0.3) is 5.91 Å². The van der Waals surface area contributed by atoms with Crippen LogP contribution in [0.15, 0.2) is 41.8 Å². The Labute approximate surface area is 179 Å². The number of thioether (sulfide) groups is 1. The van der Waals surface area contributed by atoms with Gasteiger partial charge < -0.3 is 10.6 Å². The molecule has 0 saturated heterocycles. The van der Waals surface area contributed by atoms with Crippen molar-refractivity contribution in [2.75, 3.05) is 11.6 Å². The Hall–Kier alpha value is -2.41. The van der Waals surface area contributed by atoms with Gasteiger partial charge >= 0.3 is 0 Å². The second kappa shape index (κ2) is 9.16. The van der Waals surface area contributed by atoms with Crippen LogP contribution in [0.1, 0.15) is 53.2 Å². The number of aromatic nitrogens is 1. The van der Waals surface area contributed by atoms with Crippen LogP contribution in [0.2, 0.25) is 0 Å². The predicted octanol–water partition coefficient (Wildman–Crippen LogP) is 5.23. The van der Waals surface area contributed by atoms with E-state index in [4.69, 9.17) is 0 Å². The van der Waals surface area contributed by atoms with Crippen molar-refractivity contribution in [3.63, 3.8) is 0 Å². The average molecular weight is 430 g/mol. The minimum absolute atomic E-state index is 0.0124. The van der Waals surface area contributed by atoms with E-state index < -0.39 is 11.6 Å². The summed E-state index contributed by atoms with van der Waals surface area (Å²) in [5.41, 5.74) is 1.54. The summed E-state index contributed by atoms with van der Waals surface area (Å²) in [7, 11) is 0. The third kappa shape index (κ3) is 5.19. The number of pyridine rings is 1. The summed E-state index contributed by atoms with van der Waals surface area (Å²) in [6.45, 7) is 0.0451. The van der Waals surface area contributed by atoms with Gasteiger partial charge in [-0.1, -0.05) is 6.08 Å². The first-order valence-electron chi connectivity index (χ1n) is 10.2. The average Bonchev–Trinajstić information content (AvgIpc) is 3.64. The predicted molar refractivity (Wildman–Crippen MR) is 117 cm³/mol. The van der Waals surface area contributed by atoms with Crippen LogP contribution in [0.25, 0.3) is 0 Å². The van der Waals surface area contributed by atoms with Gasteiger partial charge in [0.15, 0.2) is 0 Å². The van der Waals surface area contributed by atoms with Gasteiger partial charge in [-0.15, -0.1) is 11.8 Å². The van der Waals surface area contributed by atoms with Gasteiger partial charge in [-0.3, -0.25) is 4.79 Å². The van der Waals surface area contributed by atoms with Crippen LogP contribution in [0.5, 0.6) is 0 Å². The molecule has 2 aromatic rings. The largest absolute Gasteiger partial charge is 0.365 e. The number of anilines is 1. The highest BCUT2D eigenvalue weighted by Gasteiger charge is 2.32. The highest BCUT2D eigenvalue weighted by Crippen LogP contribution is 2.40. The van der Waals surface area contributed by atoms with E-state index in [9.17, 15) is 13.6 Å². The first-order valence-corrected chi connectivity index (χ1v) is 11.5. The molecular formula is C23H25F2N3OS. The summed E-state index contributed by atoms with van der Waals surface area (Å²) < 4.78 is 27.5. The van der Waals surface area contributed by atoms with Crippen LogP contribution in [0.4, 0.5) is 14.6 Å². The molecule has 7 heteroatoms. The van der Waals surface area contributed by atoms with Crippen molar-refractivity contribution >= 4 is 23.5 Å². The van der Waals surface area contributed by atoms with Crippen molar-refractivity contribution in [1.29, 1.82) is 0 Å². The number of amides is 1. The second-order valence-corrected chi connectivity index (χ2v) is 8.64. The van der Waals surface area contributed by atoms with Crippen molar-refractivity contribution in [1.82, 2.24) is 10.3 Å². The van der Waals surface area contributed by atoms with Crippen LogP contribution < -0.4 is 10.6 Å². The number of benzene rings is 1. The molecule has 4 nitrogen and oxygen atoms in total. The maximum atomic E-state index is 14.0. The zero-order valence-electron chi connectivity index (χ0n) is 16.8. The van der Waals surface area contributed by atoms with Gasteiger partial charge in [-0.05, 0) is 73.6 Å². The van der Waals surface area contributed by atoms with E-state index in [1.807, 2.05) is 23.8 Å². The fourth-order valence-corrected chi connectivity index (χ4v) is 3.75. The summed E-state index contributed by atoms with van der Waals surface area (Å²) in [6.07, 6.45) is 8.39. The molecule has 0 bridgehead atoms. The molecule has 1 unspecified atom stereocenters. The van der Waals surface area contributed by atoms with Crippen LogP contribution in [0, 0.1) is 17.6 Å².